The van der Waals surface area contributed by atoms with Gasteiger partial charge in [-0.2, -0.15) is 0 Å². The Morgan fingerprint density at radius 3 is 2.50 bits per heavy atom. The van der Waals surface area contributed by atoms with Crippen LogP contribution in [0.4, 0.5) is 5.69 Å². The number of carboxylic acids is 1. The van der Waals surface area contributed by atoms with E-state index in [4.69, 9.17) is 10.5 Å². The van der Waals surface area contributed by atoms with E-state index in [1.807, 2.05) is 30.3 Å². The molecule has 0 bridgehead atoms. The van der Waals surface area contributed by atoms with Crippen LogP contribution < -0.4 is 21.7 Å². The molecule has 3 unspecified atom stereocenters. The summed E-state index contributed by atoms with van der Waals surface area (Å²) in [6.45, 7) is 8.05. The molecule has 6 N–H and O–H groups in total. The monoisotopic (exact) mass is 524 g/mol. The molecule has 1 aromatic rings. The lowest BCUT2D eigenvalue weighted by atomic mass is 9.89. The van der Waals surface area contributed by atoms with Crippen molar-refractivity contribution in [1.82, 2.24) is 10.6 Å². The maximum atomic E-state index is 12.3. The average Bonchev–Trinajstić information content (AvgIpc) is 3.58. The van der Waals surface area contributed by atoms with E-state index < -0.39 is 12.0 Å². The highest BCUT2D eigenvalue weighted by Gasteiger charge is 2.27. The quantitative estimate of drug-likeness (QED) is 0.150. The van der Waals surface area contributed by atoms with E-state index in [0.29, 0.717) is 6.10 Å². The van der Waals surface area contributed by atoms with Crippen LogP contribution in [0.3, 0.4) is 0 Å². The normalized spacial score (nSPS) is 20.9. The number of hydrogen-bond donors (Lipinski definition) is 5. The molecule has 38 heavy (non-hydrogen) atoms. The number of unbranched alkanes of at least 4 members (excludes halogenated alkanes) is 1. The van der Waals surface area contributed by atoms with Gasteiger partial charge >= 0.3 is 5.97 Å². The molecule has 1 aromatic carbocycles. The SMILES string of the molecule is C=C/C=C(\C)C1CO1.NCCCCC(Nc1ccc(CC(NC(=O)C2CCCN2)C(=O)O)cc1)=C1CCC1. The Balaban J connectivity index is 0.000000427. The molecule has 0 spiro atoms. The Kier molecular flexibility index (Phi) is 12.1. The Bertz CT molecular complexity index is 986. The van der Waals surface area contributed by atoms with Gasteiger partial charge in [0.2, 0.25) is 5.91 Å². The lowest BCUT2D eigenvalue weighted by Gasteiger charge is -2.24. The zero-order chi connectivity index (χ0) is 27.3. The lowest BCUT2D eigenvalue weighted by molar-refractivity contribution is -0.142. The maximum absolute atomic E-state index is 12.3. The molecule has 1 saturated carbocycles. The molecule has 0 radical (unpaired) electrons. The van der Waals surface area contributed by atoms with Gasteiger partial charge < -0.3 is 31.5 Å². The third kappa shape index (κ3) is 9.74. The maximum Gasteiger partial charge on any atom is 0.326 e. The first-order valence-electron chi connectivity index (χ1n) is 13.9. The minimum absolute atomic E-state index is 0.229. The summed E-state index contributed by atoms with van der Waals surface area (Å²) in [6.07, 6.45) is 12.8. The van der Waals surface area contributed by atoms with Crippen LogP contribution in [-0.2, 0) is 20.7 Å². The fraction of sp³-hybridized carbons (Fsp3) is 0.533. The summed E-state index contributed by atoms with van der Waals surface area (Å²) in [4.78, 5) is 23.9. The summed E-state index contributed by atoms with van der Waals surface area (Å²) < 4.78 is 5.01. The van der Waals surface area contributed by atoms with Gasteiger partial charge in [-0.1, -0.05) is 36.4 Å². The number of anilines is 1. The number of benzene rings is 1. The van der Waals surface area contributed by atoms with Crippen molar-refractivity contribution in [3.05, 3.63) is 65.4 Å². The van der Waals surface area contributed by atoms with Gasteiger partial charge in [-0.25, -0.2) is 4.79 Å². The second kappa shape index (κ2) is 15.5. The number of carbonyl (C=O) groups is 2. The van der Waals surface area contributed by atoms with Crippen molar-refractivity contribution < 1.29 is 19.4 Å². The molecule has 2 heterocycles. The Hall–Kier alpha value is -2.94. The molecule has 208 valence electrons. The van der Waals surface area contributed by atoms with E-state index in [1.165, 1.54) is 36.1 Å². The molecule has 8 nitrogen and oxygen atoms in total. The van der Waals surface area contributed by atoms with Crippen LogP contribution in [0.1, 0.15) is 63.9 Å². The Morgan fingerprint density at radius 1 is 1.24 bits per heavy atom. The first-order chi connectivity index (χ1) is 18.4. The third-order valence-corrected chi connectivity index (χ3v) is 7.17. The van der Waals surface area contributed by atoms with Crippen molar-refractivity contribution in [3.63, 3.8) is 0 Å². The Labute approximate surface area is 226 Å². The summed E-state index contributed by atoms with van der Waals surface area (Å²) in [6, 6.07) is 6.62. The molecule has 8 heteroatoms. The molecule has 0 aromatic heterocycles. The van der Waals surface area contributed by atoms with Gasteiger partial charge in [-0.05, 0) is 94.6 Å². The molecule has 3 aliphatic rings. The summed E-state index contributed by atoms with van der Waals surface area (Å²) in [5.41, 5.74) is 11.6. The van der Waals surface area contributed by atoms with E-state index in [1.54, 1.807) is 6.08 Å². The lowest BCUT2D eigenvalue weighted by Crippen LogP contribution is -2.49. The van der Waals surface area contributed by atoms with Crippen LogP contribution in [0.25, 0.3) is 0 Å². The minimum atomic E-state index is -1.01. The number of carbonyl (C=O) groups excluding carboxylic acids is 1. The number of nitrogens with one attached hydrogen (secondary N) is 3. The predicted molar refractivity (Wildman–Crippen MR) is 152 cm³/mol. The Morgan fingerprint density at radius 2 is 1.97 bits per heavy atom. The van der Waals surface area contributed by atoms with Gasteiger partial charge in [-0.3, -0.25) is 4.79 Å². The largest absolute Gasteiger partial charge is 0.480 e. The van der Waals surface area contributed by atoms with Gasteiger partial charge in [0.1, 0.15) is 12.1 Å². The minimum Gasteiger partial charge on any atom is -0.480 e. The van der Waals surface area contributed by atoms with Crippen molar-refractivity contribution in [1.29, 1.82) is 0 Å². The summed E-state index contributed by atoms with van der Waals surface area (Å²) in [5, 5.41) is 18.9. The zero-order valence-corrected chi connectivity index (χ0v) is 22.6. The highest BCUT2D eigenvalue weighted by molar-refractivity contribution is 5.87. The topological polar surface area (TPSA) is 129 Å². The molecule has 2 saturated heterocycles. The van der Waals surface area contributed by atoms with Crippen LogP contribution in [0.2, 0.25) is 0 Å². The fourth-order valence-electron chi connectivity index (χ4n) is 4.55. The number of nitrogens with two attached hydrogens (primary N) is 1. The van der Waals surface area contributed by atoms with Crippen molar-refractivity contribution in [2.24, 2.45) is 5.73 Å². The molecular formula is C30H44N4O4. The fourth-order valence-corrected chi connectivity index (χ4v) is 4.55. The zero-order valence-electron chi connectivity index (χ0n) is 22.6. The van der Waals surface area contributed by atoms with Crippen molar-refractivity contribution in [2.45, 2.75) is 82.9 Å². The van der Waals surface area contributed by atoms with Crippen LogP contribution in [0.15, 0.2) is 59.8 Å². The van der Waals surface area contributed by atoms with E-state index in [0.717, 1.165) is 63.1 Å². The second-order valence-electron chi connectivity index (χ2n) is 10.2. The number of aliphatic carboxylic acids is 1. The van der Waals surface area contributed by atoms with Crippen LogP contribution in [0.5, 0.6) is 0 Å². The average molecular weight is 525 g/mol. The number of rotatable bonds is 13. The second-order valence-corrected chi connectivity index (χ2v) is 10.2. The molecule has 3 atom stereocenters. The first-order valence-corrected chi connectivity index (χ1v) is 13.9. The molecular weight excluding hydrogens is 480 g/mol. The number of epoxide rings is 1. The van der Waals surface area contributed by atoms with Crippen molar-refractivity contribution in [2.75, 3.05) is 25.0 Å². The number of amides is 1. The van der Waals surface area contributed by atoms with Crippen molar-refractivity contribution in [3.8, 4) is 0 Å². The van der Waals surface area contributed by atoms with Gasteiger partial charge in [0.15, 0.2) is 0 Å². The van der Waals surface area contributed by atoms with Crippen LogP contribution in [0, 0.1) is 0 Å². The van der Waals surface area contributed by atoms with Crippen molar-refractivity contribution >= 4 is 17.6 Å². The smallest absolute Gasteiger partial charge is 0.326 e. The number of carboxylic acid groups (broad SMARTS) is 1. The number of ether oxygens (including phenoxy) is 1. The summed E-state index contributed by atoms with van der Waals surface area (Å²) >= 11 is 0. The van der Waals surface area contributed by atoms with Gasteiger partial charge in [0, 0.05) is 17.8 Å². The van der Waals surface area contributed by atoms with E-state index in [2.05, 4.69) is 29.5 Å². The highest BCUT2D eigenvalue weighted by Crippen LogP contribution is 2.31. The van der Waals surface area contributed by atoms with E-state index >= 15 is 0 Å². The summed E-state index contributed by atoms with van der Waals surface area (Å²) in [7, 11) is 0. The van der Waals surface area contributed by atoms with Crippen LogP contribution in [-0.4, -0.2) is 54.9 Å². The van der Waals surface area contributed by atoms with Gasteiger partial charge in [0.05, 0.1) is 12.6 Å². The van der Waals surface area contributed by atoms with E-state index in [9.17, 15) is 14.7 Å². The molecule has 1 amide bonds. The van der Waals surface area contributed by atoms with Gasteiger partial charge in [0.25, 0.3) is 0 Å². The summed E-state index contributed by atoms with van der Waals surface area (Å²) in [5.74, 6) is -1.24. The first kappa shape index (κ1) is 29.6. The molecule has 4 rings (SSSR count). The number of allylic oxidation sites excluding steroid dienone is 4. The predicted octanol–water partition coefficient (Wildman–Crippen LogP) is 4.05. The highest BCUT2D eigenvalue weighted by atomic mass is 16.6. The van der Waals surface area contributed by atoms with E-state index in [-0.39, 0.29) is 18.4 Å². The molecule has 3 fully saturated rings. The molecule has 2 aliphatic heterocycles. The third-order valence-electron chi connectivity index (χ3n) is 7.17. The number of hydrogen-bond acceptors (Lipinski definition) is 6. The van der Waals surface area contributed by atoms with Crippen LogP contribution >= 0.6 is 0 Å². The van der Waals surface area contributed by atoms with Gasteiger partial charge in [-0.15, -0.1) is 0 Å². The standard InChI is InChI=1S/C23H34N4O3.C7H10O/c24-13-2-1-7-19(17-5-3-6-17)26-18-11-9-16(10-12-18)15-21(23(29)30)27-22(28)20-8-4-14-25-20;1-3-4-6(2)7-5-8-7/h9-12,20-21,25-26H,1-8,13-15,24H2,(H,27,28)(H,29,30);3-4,7H,1,5H2,2H3/b;6-4+. The molecule has 1 aliphatic carbocycles.